The highest BCUT2D eigenvalue weighted by atomic mass is 19.3. The second-order valence-electron chi connectivity index (χ2n) is 4.86. The van der Waals surface area contributed by atoms with E-state index in [-0.39, 0.29) is 11.2 Å². The predicted octanol–water partition coefficient (Wildman–Crippen LogP) is 3.75. The molecular formula is C13H17F3N2O. The zero-order valence-corrected chi connectivity index (χ0v) is 10.7. The molecule has 19 heavy (non-hydrogen) atoms. The van der Waals surface area contributed by atoms with Crippen LogP contribution in [-0.4, -0.2) is 12.2 Å². The molecule has 0 atom stereocenters. The molecule has 1 fully saturated rings. The first-order valence-electron chi connectivity index (χ1n) is 6.28. The normalized spacial score (nSPS) is 17.1. The van der Waals surface area contributed by atoms with Gasteiger partial charge >= 0.3 is 6.61 Å². The third-order valence-electron chi connectivity index (χ3n) is 3.71. The molecule has 1 aliphatic rings. The average Bonchev–Trinajstić information content (AvgIpc) is 2.28. The Labute approximate surface area is 109 Å². The van der Waals surface area contributed by atoms with Crippen molar-refractivity contribution >= 4 is 11.4 Å². The molecule has 1 aromatic rings. The van der Waals surface area contributed by atoms with E-state index in [1.165, 1.54) is 6.07 Å². The molecular weight excluding hydrogens is 257 g/mol. The molecule has 0 bridgehead atoms. The maximum Gasteiger partial charge on any atom is 0.387 e. The number of hydrogen-bond acceptors (Lipinski definition) is 3. The van der Waals surface area contributed by atoms with E-state index in [9.17, 15) is 13.2 Å². The van der Waals surface area contributed by atoms with Crippen molar-refractivity contribution in [3.63, 3.8) is 0 Å². The van der Waals surface area contributed by atoms with Crippen molar-refractivity contribution < 1.29 is 17.9 Å². The molecule has 6 heteroatoms. The Bertz CT molecular complexity index is 456. The molecule has 0 spiro atoms. The van der Waals surface area contributed by atoms with E-state index in [1.807, 2.05) is 6.92 Å². The van der Waals surface area contributed by atoms with Gasteiger partial charge in [-0.05, 0) is 25.7 Å². The SMILES string of the molecule is CCC1(Nc2cc(OC(F)F)c(F)cc2N)CCC1. The Morgan fingerprint density at radius 1 is 1.42 bits per heavy atom. The van der Waals surface area contributed by atoms with Crippen molar-refractivity contribution in [1.82, 2.24) is 0 Å². The molecule has 0 radical (unpaired) electrons. The van der Waals surface area contributed by atoms with Gasteiger partial charge in [0.05, 0.1) is 11.4 Å². The summed E-state index contributed by atoms with van der Waals surface area (Å²) in [5.74, 6) is -1.38. The summed E-state index contributed by atoms with van der Waals surface area (Å²) in [4.78, 5) is 0. The molecule has 0 amide bonds. The van der Waals surface area contributed by atoms with Crippen molar-refractivity contribution in [2.45, 2.75) is 44.8 Å². The zero-order valence-electron chi connectivity index (χ0n) is 10.7. The van der Waals surface area contributed by atoms with E-state index in [4.69, 9.17) is 5.73 Å². The molecule has 2 rings (SSSR count). The molecule has 1 saturated carbocycles. The first-order valence-corrected chi connectivity index (χ1v) is 6.28. The standard InChI is InChI=1S/C13H17F3N2O/c1-2-13(4-3-5-13)18-10-7-11(19-12(15)16)8(14)6-9(10)17/h6-7,12,18H,2-5,17H2,1H3. The summed E-state index contributed by atoms with van der Waals surface area (Å²) in [5.41, 5.74) is 6.29. The number of alkyl halides is 2. The van der Waals surface area contributed by atoms with Crippen molar-refractivity contribution in [1.29, 1.82) is 0 Å². The summed E-state index contributed by atoms with van der Waals surface area (Å²) >= 11 is 0. The smallest absolute Gasteiger partial charge is 0.387 e. The van der Waals surface area contributed by atoms with Gasteiger partial charge in [-0.15, -0.1) is 0 Å². The van der Waals surface area contributed by atoms with Gasteiger partial charge in [0.25, 0.3) is 0 Å². The van der Waals surface area contributed by atoms with Crippen LogP contribution in [-0.2, 0) is 0 Å². The number of nitrogens with one attached hydrogen (secondary N) is 1. The molecule has 0 heterocycles. The summed E-state index contributed by atoms with van der Waals surface area (Å²) in [7, 11) is 0. The fourth-order valence-electron chi connectivity index (χ4n) is 2.32. The number of rotatable bonds is 5. The lowest BCUT2D eigenvalue weighted by Gasteiger charge is -2.43. The quantitative estimate of drug-likeness (QED) is 0.804. The topological polar surface area (TPSA) is 47.3 Å². The van der Waals surface area contributed by atoms with Gasteiger partial charge in [0.15, 0.2) is 11.6 Å². The minimum absolute atomic E-state index is 0.0615. The van der Waals surface area contributed by atoms with E-state index in [1.54, 1.807) is 0 Å². The molecule has 3 N–H and O–H groups in total. The zero-order chi connectivity index (χ0) is 14.0. The summed E-state index contributed by atoms with van der Waals surface area (Å²) in [6.07, 6.45) is 3.99. The summed E-state index contributed by atoms with van der Waals surface area (Å²) in [6, 6.07) is 2.20. The van der Waals surface area contributed by atoms with Gasteiger partial charge in [-0.1, -0.05) is 6.92 Å². The first-order chi connectivity index (χ1) is 8.96. The highest BCUT2D eigenvalue weighted by Crippen LogP contribution is 2.40. The predicted molar refractivity (Wildman–Crippen MR) is 67.9 cm³/mol. The monoisotopic (exact) mass is 274 g/mol. The van der Waals surface area contributed by atoms with Crippen LogP contribution in [0.5, 0.6) is 5.75 Å². The largest absolute Gasteiger partial charge is 0.432 e. The number of nitrogens with two attached hydrogens (primary N) is 1. The van der Waals surface area contributed by atoms with E-state index in [0.717, 1.165) is 31.7 Å². The molecule has 1 aliphatic carbocycles. The van der Waals surface area contributed by atoms with Crippen LogP contribution in [0.1, 0.15) is 32.6 Å². The summed E-state index contributed by atoms with van der Waals surface area (Å²) in [6.45, 7) is -1.02. The van der Waals surface area contributed by atoms with Crippen LogP contribution < -0.4 is 15.8 Å². The van der Waals surface area contributed by atoms with E-state index >= 15 is 0 Å². The number of anilines is 2. The van der Waals surface area contributed by atoms with Crippen LogP contribution >= 0.6 is 0 Å². The van der Waals surface area contributed by atoms with Crippen LogP contribution in [0.3, 0.4) is 0 Å². The molecule has 0 aromatic heterocycles. The molecule has 3 nitrogen and oxygen atoms in total. The molecule has 106 valence electrons. The average molecular weight is 274 g/mol. The number of halogens is 3. The Balaban J connectivity index is 2.24. The number of hydrogen-bond donors (Lipinski definition) is 2. The Hall–Kier alpha value is -1.59. The summed E-state index contributed by atoms with van der Waals surface area (Å²) in [5, 5.41) is 3.23. The second kappa shape index (κ2) is 5.19. The number of nitrogen functional groups attached to an aromatic ring is 1. The number of ether oxygens (including phenoxy) is 1. The molecule has 0 aliphatic heterocycles. The Morgan fingerprint density at radius 2 is 2.11 bits per heavy atom. The fraction of sp³-hybridized carbons (Fsp3) is 0.538. The lowest BCUT2D eigenvalue weighted by Crippen LogP contribution is -2.44. The van der Waals surface area contributed by atoms with Gasteiger partial charge in [-0.25, -0.2) is 4.39 Å². The van der Waals surface area contributed by atoms with Crippen molar-refractivity contribution in [3.05, 3.63) is 17.9 Å². The van der Waals surface area contributed by atoms with Gasteiger partial charge in [0, 0.05) is 17.7 Å². The summed E-state index contributed by atoms with van der Waals surface area (Å²) < 4.78 is 41.9. The van der Waals surface area contributed by atoms with Gasteiger partial charge in [-0.2, -0.15) is 8.78 Å². The van der Waals surface area contributed by atoms with Crippen molar-refractivity contribution in [2.75, 3.05) is 11.1 Å². The molecule has 0 unspecified atom stereocenters. The van der Waals surface area contributed by atoms with Crippen LogP contribution in [0.4, 0.5) is 24.5 Å². The van der Waals surface area contributed by atoms with Crippen molar-refractivity contribution in [3.8, 4) is 5.75 Å². The third kappa shape index (κ3) is 2.88. The number of benzene rings is 1. The highest BCUT2D eigenvalue weighted by Gasteiger charge is 2.35. The maximum absolute atomic E-state index is 13.4. The van der Waals surface area contributed by atoms with Gasteiger partial charge < -0.3 is 15.8 Å². The minimum Gasteiger partial charge on any atom is -0.432 e. The van der Waals surface area contributed by atoms with E-state index in [0.29, 0.717) is 5.69 Å². The second-order valence-corrected chi connectivity index (χ2v) is 4.86. The van der Waals surface area contributed by atoms with Crippen molar-refractivity contribution in [2.24, 2.45) is 0 Å². The van der Waals surface area contributed by atoms with Gasteiger partial charge in [0.1, 0.15) is 0 Å². The highest BCUT2D eigenvalue weighted by molar-refractivity contribution is 5.69. The Morgan fingerprint density at radius 3 is 2.58 bits per heavy atom. The van der Waals surface area contributed by atoms with Crippen LogP contribution in [0.15, 0.2) is 12.1 Å². The van der Waals surface area contributed by atoms with E-state index < -0.39 is 18.2 Å². The van der Waals surface area contributed by atoms with Gasteiger partial charge in [0.2, 0.25) is 0 Å². The maximum atomic E-state index is 13.4. The molecule has 0 saturated heterocycles. The fourth-order valence-corrected chi connectivity index (χ4v) is 2.32. The van der Waals surface area contributed by atoms with Gasteiger partial charge in [-0.3, -0.25) is 0 Å². The lowest BCUT2D eigenvalue weighted by molar-refractivity contribution is -0.0521. The molecule has 1 aromatic carbocycles. The lowest BCUT2D eigenvalue weighted by atomic mass is 9.74. The van der Waals surface area contributed by atoms with Crippen LogP contribution in [0.25, 0.3) is 0 Å². The van der Waals surface area contributed by atoms with Crippen LogP contribution in [0, 0.1) is 5.82 Å². The Kier molecular flexibility index (Phi) is 3.78. The third-order valence-corrected chi connectivity index (χ3v) is 3.71. The van der Waals surface area contributed by atoms with Crippen LogP contribution in [0.2, 0.25) is 0 Å². The first kappa shape index (κ1) is 13.8. The van der Waals surface area contributed by atoms with E-state index in [2.05, 4.69) is 10.1 Å². The minimum atomic E-state index is -3.06.